The third kappa shape index (κ3) is 5.16. The van der Waals surface area contributed by atoms with E-state index in [0.29, 0.717) is 0 Å². The zero-order chi connectivity index (χ0) is 29.9. The summed E-state index contributed by atoms with van der Waals surface area (Å²) in [6.07, 6.45) is 2.96. The highest BCUT2D eigenvalue weighted by Gasteiger charge is 2.21. The van der Waals surface area contributed by atoms with Crippen LogP contribution in [0.2, 0.25) is 0 Å². The van der Waals surface area contributed by atoms with Gasteiger partial charge in [0.25, 0.3) is 0 Å². The van der Waals surface area contributed by atoms with Crippen LogP contribution in [0.3, 0.4) is 0 Å². The fourth-order valence-corrected chi connectivity index (χ4v) is 6.20. The van der Waals surface area contributed by atoms with Gasteiger partial charge in [0.2, 0.25) is 0 Å². The Hall–Kier alpha value is -5.46. The largest absolute Gasteiger partial charge is 0.103 e. The van der Waals surface area contributed by atoms with Crippen LogP contribution in [0.15, 0.2) is 170 Å². The molecule has 0 bridgehead atoms. The van der Waals surface area contributed by atoms with E-state index in [1.54, 1.807) is 0 Å². The maximum Gasteiger partial charge on any atom is -0.00259 e. The van der Waals surface area contributed by atoms with Gasteiger partial charge in [-0.15, -0.1) is 6.58 Å². The van der Waals surface area contributed by atoms with Crippen molar-refractivity contribution in [1.29, 1.82) is 0 Å². The summed E-state index contributed by atoms with van der Waals surface area (Å²) in [4.78, 5) is 0. The first-order valence-electron chi connectivity index (χ1n) is 15.4. The number of rotatable bonds is 5. The van der Waals surface area contributed by atoms with Crippen molar-refractivity contribution in [2.24, 2.45) is 0 Å². The Kier molecular flexibility index (Phi) is 7.49. The maximum atomic E-state index is 3.48. The molecule has 0 unspecified atom stereocenters. The lowest BCUT2D eigenvalue weighted by molar-refractivity contribution is 1.23. The third-order valence-electron chi connectivity index (χ3n) is 8.51. The summed E-state index contributed by atoms with van der Waals surface area (Å²) >= 11 is 0. The quantitative estimate of drug-likeness (QED) is 0.183. The molecule has 44 heavy (non-hydrogen) atoms. The third-order valence-corrected chi connectivity index (χ3v) is 8.51. The normalized spacial score (nSPS) is 11.0. The van der Waals surface area contributed by atoms with E-state index in [2.05, 4.69) is 171 Å². The van der Waals surface area contributed by atoms with E-state index in [0.717, 1.165) is 6.42 Å². The fraction of sp³-hybridized carbons (Fsp3) is 0.0455. The topological polar surface area (TPSA) is 0 Å². The molecule has 0 radical (unpaired) electrons. The zero-order valence-corrected chi connectivity index (χ0v) is 25.0. The van der Waals surface area contributed by atoms with Crippen LogP contribution in [0.5, 0.6) is 0 Å². The van der Waals surface area contributed by atoms with Crippen LogP contribution in [0.25, 0.3) is 77.5 Å². The SMILES string of the molecule is C=CCC.c1ccc(-c2ccc(-c3cccc(-c4ccc(-c5cc6c7c(cccc7c5)-c5ccccc5-6)cc4)c3)cc2)cc1. The molecule has 0 N–H and O–H groups in total. The van der Waals surface area contributed by atoms with E-state index in [9.17, 15) is 0 Å². The van der Waals surface area contributed by atoms with Gasteiger partial charge >= 0.3 is 0 Å². The molecule has 0 spiro atoms. The van der Waals surface area contributed by atoms with Crippen LogP contribution in [-0.4, -0.2) is 0 Å². The molecule has 1 aliphatic carbocycles. The zero-order valence-electron chi connectivity index (χ0n) is 25.0. The molecule has 0 saturated carbocycles. The van der Waals surface area contributed by atoms with Crippen LogP contribution in [-0.2, 0) is 0 Å². The second kappa shape index (κ2) is 12.0. The average molecular weight is 563 g/mol. The number of hydrogen-bond donors (Lipinski definition) is 0. The van der Waals surface area contributed by atoms with Gasteiger partial charge in [0, 0.05) is 0 Å². The number of fused-ring (bicyclic) bond motifs is 3. The van der Waals surface area contributed by atoms with Crippen molar-refractivity contribution < 1.29 is 0 Å². The molecule has 0 heteroatoms. The van der Waals surface area contributed by atoms with Crippen LogP contribution in [0, 0.1) is 0 Å². The second-order valence-corrected chi connectivity index (χ2v) is 11.3. The van der Waals surface area contributed by atoms with E-state index >= 15 is 0 Å². The Bertz CT molecular complexity index is 2080. The molecule has 0 heterocycles. The minimum atomic E-state index is 1.08. The van der Waals surface area contributed by atoms with Crippen LogP contribution in [0.1, 0.15) is 13.3 Å². The molecular weight excluding hydrogens is 528 g/mol. The Labute approximate surface area is 260 Å². The van der Waals surface area contributed by atoms with E-state index in [-0.39, 0.29) is 0 Å². The molecule has 0 amide bonds. The van der Waals surface area contributed by atoms with Crippen LogP contribution < -0.4 is 0 Å². The van der Waals surface area contributed by atoms with E-state index in [1.165, 1.54) is 77.5 Å². The summed E-state index contributed by atoms with van der Waals surface area (Å²) < 4.78 is 0. The van der Waals surface area contributed by atoms with Gasteiger partial charge in [0.1, 0.15) is 0 Å². The predicted molar refractivity (Wildman–Crippen MR) is 191 cm³/mol. The average Bonchev–Trinajstić information content (AvgIpc) is 3.43. The van der Waals surface area contributed by atoms with E-state index < -0.39 is 0 Å². The van der Waals surface area contributed by atoms with Gasteiger partial charge in [-0.05, 0) is 102 Å². The highest BCUT2D eigenvalue weighted by molar-refractivity contribution is 6.16. The van der Waals surface area contributed by atoms with Gasteiger partial charge in [-0.1, -0.05) is 153 Å². The lowest BCUT2D eigenvalue weighted by atomic mass is 9.94. The molecule has 7 aromatic rings. The highest BCUT2D eigenvalue weighted by Crippen LogP contribution is 2.48. The summed E-state index contributed by atoms with van der Waals surface area (Å²) in [5, 5.41) is 2.67. The Morgan fingerprint density at radius 1 is 0.386 bits per heavy atom. The molecule has 0 atom stereocenters. The maximum absolute atomic E-state index is 3.48. The molecule has 0 aromatic heterocycles. The van der Waals surface area contributed by atoms with Gasteiger partial charge < -0.3 is 0 Å². The first-order chi connectivity index (χ1) is 21.7. The summed E-state index contributed by atoms with van der Waals surface area (Å²) in [5.41, 5.74) is 15.3. The lowest BCUT2D eigenvalue weighted by Gasteiger charge is -2.10. The molecule has 1 aliphatic rings. The van der Waals surface area contributed by atoms with Gasteiger partial charge in [0.15, 0.2) is 0 Å². The van der Waals surface area contributed by atoms with E-state index in [4.69, 9.17) is 0 Å². The lowest BCUT2D eigenvalue weighted by Crippen LogP contribution is -1.85. The van der Waals surface area contributed by atoms with Crippen molar-refractivity contribution >= 4 is 10.8 Å². The van der Waals surface area contributed by atoms with Gasteiger partial charge in [-0.2, -0.15) is 0 Å². The molecule has 7 aromatic carbocycles. The van der Waals surface area contributed by atoms with Crippen LogP contribution in [0.4, 0.5) is 0 Å². The Morgan fingerprint density at radius 2 is 0.818 bits per heavy atom. The Balaban J connectivity index is 0.000000739. The number of hydrogen-bond acceptors (Lipinski definition) is 0. The molecule has 210 valence electrons. The fourth-order valence-electron chi connectivity index (χ4n) is 6.20. The van der Waals surface area contributed by atoms with Crippen molar-refractivity contribution in [3.05, 3.63) is 170 Å². The highest BCUT2D eigenvalue weighted by atomic mass is 14.2. The summed E-state index contributed by atoms with van der Waals surface area (Å²) in [7, 11) is 0. The van der Waals surface area contributed by atoms with Crippen molar-refractivity contribution in [3.8, 4) is 66.8 Å². The van der Waals surface area contributed by atoms with E-state index in [1.807, 2.05) is 6.08 Å². The number of allylic oxidation sites excluding steroid dienone is 1. The summed E-state index contributed by atoms with van der Waals surface area (Å²) in [6, 6.07) is 57.4. The van der Waals surface area contributed by atoms with Crippen molar-refractivity contribution in [2.75, 3.05) is 0 Å². The molecular formula is C44H34. The molecule has 8 rings (SSSR count). The monoisotopic (exact) mass is 562 g/mol. The molecule has 0 aliphatic heterocycles. The predicted octanol–water partition coefficient (Wildman–Crippen LogP) is 12.7. The second-order valence-electron chi connectivity index (χ2n) is 11.3. The van der Waals surface area contributed by atoms with Gasteiger partial charge in [0.05, 0.1) is 0 Å². The first-order valence-corrected chi connectivity index (χ1v) is 15.4. The minimum Gasteiger partial charge on any atom is -0.103 e. The van der Waals surface area contributed by atoms with Gasteiger partial charge in [-0.25, -0.2) is 0 Å². The minimum absolute atomic E-state index is 1.08. The summed E-state index contributed by atoms with van der Waals surface area (Å²) in [6.45, 7) is 5.54. The van der Waals surface area contributed by atoms with Crippen molar-refractivity contribution in [1.82, 2.24) is 0 Å². The first kappa shape index (κ1) is 27.4. The standard InChI is InChI=1S/C40H26.C4H8/c1-2-8-27(9-3-1)28-16-18-29(19-17-28)32-10-6-11-33(24-32)30-20-22-31(23-21-30)35-25-34-12-7-15-38-36-13-4-5-14-37(36)39(26-35)40(34)38;1-3-4-2/h1-26H;3H,1,4H2,2H3. The Morgan fingerprint density at radius 3 is 1.41 bits per heavy atom. The smallest absolute Gasteiger partial charge is 0.00259 e. The van der Waals surface area contributed by atoms with Gasteiger partial charge in [-0.3, -0.25) is 0 Å². The summed E-state index contributed by atoms with van der Waals surface area (Å²) in [5.74, 6) is 0. The van der Waals surface area contributed by atoms with Crippen molar-refractivity contribution in [2.45, 2.75) is 13.3 Å². The molecule has 0 fully saturated rings. The number of benzene rings is 7. The molecule has 0 nitrogen and oxygen atoms in total. The molecule has 0 saturated heterocycles. The van der Waals surface area contributed by atoms with Crippen molar-refractivity contribution in [3.63, 3.8) is 0 Å². The van der Waals surface area contributed by atoms with Crippen LogP contribution >= 0.6 is 0 Å².